The number of likely N-dealkylation sites (tertiary alicyclic amines) is 2. The lowest BCUT2D eigenvalue weighted by molar-refractivity contribution is -0.139. The Morgan fingerprint density at radius 1 is 0.920 bits per heavy atom. The summed E-state index contributed by atoms with van der Waals surface area (Å²) in [6.45, 7) is 6.63. The van der Waals surface area contributed by atoms with Gasteiger partial charge in [-0.05, 0) is 39.3 Å². The monoisotopic (exact) mass is 352 g/mol. The number of carbonyl (C=O) groups excluding carboxylic acids is 2. The first-order chi connectivity index (χ1) is 12.1. The fourth-order valence-corrected chi connectivity index (χ4v) is 4.41. The predicted octanol–water partition coefficient (Wildman–Crippen LogP) is -0.544. The van der Waals surface area contributed by atoms with Crippen LogP contribution in [0.3, 0.4) is 0 Å². The van der Waals surface area contributed by atoms with Crippen molar-refractivity contribution in [2.45, 2.75) is 31.7 Å². The Morgan fingerprint density at radius 3 is 2.24 bits per heavy atom. The summed E-state index contributed by atoms with van der Waals surface area (Å²) in [5, 5.41) is 8.99. The predicted molar refractivity (Wildman–Crippen MR) is 95.1 cm³/mol. The Balaban J connectivity index is 1.50. The third kappa shape index (κ3) is 4.51. The topological polar surface area (TPSA) is 67.3 Å². The zero-order chi connectivity index (χ0) is 17.8. The van der Waals surface area contributed by atoms with Gasteiger partial charge in [-0.1, -0.05) is 0 Å². The molecule has 0 aliphatic carbocycles. The van der Waals surface area contributed by atoms with Crippen LogP contribution in [0.25, 0.3) is 0 Å². The summed E-state index contributed by atoms with van der Waals surface area (Å²) in [6.07, 6.45) is 3.98. The number of rotatable bonds is 3. The number of carbonyl (C=O) groups is 2. The fourth-order valence-electron chi connectivity index (χ4n) is 4.41. The highest BCUT2D eigenvalue weighted by molar-refractivity contribution is 5.79. The minimum absolute atomic E-state index is 0.134. The minimum Gasteiger partial charge on any atom is -0.387 e. The average molecular weight is 352 g/mol. The highest BCUT2D eigenvalue weighted by atomic mass is 16.3. The zero-order valence-electron chi connectivity index (χ0n) is 15.4. The molecule has 7 nitrogen and oxygen atoms in total. The molecular weight excluding hydrogens is 320 g/mol. The number of aliphatic hydroxyl groups is 1. The molecule has 0 aromatic rings. The van der Waals surface area contributed by atoms with Gasteiger partial charge in [0.25, 0.3) is 0 Å². The number of piperazine rings is 1. The molecule has 25 heavy (non-hydrogen) atoms. The Kier molecular flexibility index (Phi) is 6.30. The van der Waals surface area contributed by atoms with E-state index in [1.165, 1.54) is 0 Å². The van der Waals surface area contributed by atoms with E-state index >= 15 is 0 Å². The highest BCUT2D eigenvalue weighted by Crippen LogP contribution is 2.25. The molecule has 3 rings (SSSR count). The number of aliphatic hydroxyl groups excluding tert-OH is 1. The number of piperidine rings is 2. The Morgan fingerprint density at radius 2 is 1.60 bits per heavy atom. The summed E-state index contributed by atoms with van der Waals surface area (Å²) in [5.41, 5.74) is 0. The van der Waals surface area contributed by atoms with Gasteiger partial charge in [-0.25, -0.2) is 0 Å². The molecule has 3 saturated heterocycles. The Hall–Kier alpha value is -1.18. The van der Waals surface area contributed by atoms with Crippen LogP contribution in [0.2, 0.25) is 0 Å². The number of amides is 2. The van der Waals surface area contributed by atoms with Gasteiger partial charge in [-0.2, -0.15) is 0 Å². The summed E-state index contributed by atoms with van der Waals surface area (Å²) >= 11 is 0. The van der Waals surface area contributed by atoms with Crippen molar-refractivity contribution in [2.24, 2.45) is 5.92 Å². The van der Waals surface area contributed by atoms with Crippen LogP contribution in [0.4, 0.5) is 0 Å². The molecule has 3 fully saturated rings. The van der Waals surface area contributed by atoms with Crippen LogP contribution in [0.1, 0.15) is 25.7 Å². The molecule has 7 heteroatoms. The van der Waals surface area contributed by atoms with E-state index in [1.54, 1.807) is 4.90 Å². The van der Waals surface area contributed by atoms with E-state index in [2.05, 4.69) is 21.7 Å². The van der Waals surface area contributed by atoms with Crippen molar-refractivity contribution in [2.75, 3.05) is 66.0 Å². The van der Waals surface area contributed by atoms with Crippen molar-refractivity contribution in [1.82, 2.24) is 19.6 Å². The van der Waals surface area contributed by atoms with E-state index in [0.29, 0.717) is 11.9 Å². The van der Waals surface area contributed by atoms with Crippen molar-refractivity contribution < 1.29 is 14.7 Å². The van der Waals surface area contributed by atoms with Crippen molar-refractivity contribution in [3.63, 3.8) is 0 Å². The molecule has 3 heterocycles. The van der Waals surface area contributed by atoms with E-state index in [0.717, 1.165) is 78.0 Å². The van der Waals surface area contributed by atoms with Gasteiger partial charge in [0, 0.05) is 51.9 Å². The highest BCUT2D eigenvalue weighted by Gasteiger charge is 2.34. The molecule has 0 radical (unpaired) electrons. The Labute approximate surface area is 150 Å². The summed E-state index contributed by atoms with van der Waals surface area (Å²) in [5.74, 6) is 0.306. The molecule has 1 atom stereocenters. The second-order valence-electron chi connectivity index (χ2n) is 7.73. The van der Waals surface area contributed by atoms with Gasteiger partial charge in [-0.3, -0.25) is 14.5 Å². The second-order valence-corrected chi connectivity index (χ2v) is 7.73. The lowest BCUT2D eigenvalue weighted by Gasteiger charge is -2.43. The average Bonchev–Trinajstić information content (AvgIpc) is 2.67. The third-order valence-corrected chi connectivity index (χ3v) is 6.09. The lowest BCUT2D eigenvalue weighted by atomic mass is 9.92. The number of likely N-dealkylation sites (N-methyl/N-ethyl adjacent to an activating group) is 1. The number of nitrogens with zero attached hydrogens (tertiary/aromatic N) is 4. The van der Waals surface area contributed by atoms with Gasteiger partial charge < -0.3 is 19.8 Å². The quantitative estimate of drug-likeness (QED) is 0.739. The van der Waals surface area contributed by atoms with Gasteiger partial charge in [-0.15, -0.1) is 0 Å². The molecule has 0 aromatic heterocycles. The molecular formula is C18H32N4O3. The van der Waals surface area contributed by atoms with E-state index in [9.17, 15) is 9.59 Å². The van der Waals surface area contributed by atoms with Crippen molar-refractivity contribution >= 4 is 11.8 Å². The van der Waals surface area contributed by atoms with Gasteiger partial charge in [0.2, 0.25) is 11.8 Å². The van der Waals surface area contributed by atoms with E-state index in [1.807, 2.05) is 0 Å². The zero-order valence-corrected chi connectivity index (χ0v) is 15.4. The first-order valence-electron chi connectivity index (χ1n) is 9.68. The molecule has 142 valence electrons. The van der Waals surface area contributed by atoms with Crippen LogP contribution < -0.4 is 0 Å². The first-order valence-corrected chi connectivity index (χ1v) is 9.68. The van der Waals surface area contributed by atoms with Crippen molar-refractivity contribution in [1.29, 1.82) is 0 Å². The summed E-state index contributed by atoms with van der Waals surface area (Å²) in [4.78, 5) is 33.0. The maximum Gasteiger partial charge on any atom is 0.248 e. The number of hydrogen-bond donors (Lipinski definition) is 1. The summed E-state index contributed by atoms with van der Waals surface area (Å²) in [7, 11) is 2.11. The summed E-state index contributed by atoms with van der Waals surface area (Å²) in [6, 6.07) is 0.464. The standard InChI is InChI=1S/C18H32N4O3/c1-19-9-11-21(12-10-19)18(25)15-3-2-6-22(13-15)16-4-7-20(8-5-16)17(24)14-23/h15-16,23H,2-14H2,1H3/t15-/m0/s1. The number of hydrogen-bond acceptors (Lipinski definition) is 5. The smallest absolute Gasteiger partial charge is 0.248 e. The van der Waals surface area contributed by atoms with Crippen molar-refractivity contribution in [3.8, 4) is 0 Å². The molecule has 0 saturated carbocycles. The minimum atomic E-state index is -0.393. The van der Waals surface area contributed by atoms with E-state index < -0.39 is 6.61 Å². The molecule has 3 aliphatic rings. The van der Waals surface area contributed by atoms with E-state index in [4.69, 9.17) is 5.11 Å². The maximum atomic E-state index is 12.9. The molecule has 0 spiro atoms. The second kappa shape index (κ2) is 8.47. The fraction of sp³-hybridized carbons (Fsp3) is 0.889. The van der Waals surface area contributed by atoms with Crippen molar-refractivity contribution in [3.05, 3.63) is 0 Å². The van der Waals surface area contributed by atoms with Crippen LogP contribution in [0, 0.1) is 5.92 Å². The molecule has 0 aromatic carbocycles. The molecule has 1 N–H and O–H groups in total. The first kappa shape index (κ1) is 18.6. The van der Waals surface area contributed by atoms with Crippen LogP contribution >= 0.6 is 0 Å². The molecule has 0 bridgehead atoms. The maximum absolute atomic E-state index is 12.9. The summed E-state index contributed by atoms with van der Waals surface area (Å²) < 4.78 is 0. The van der Waals surface area contributed by atoms with Gasteiger partial charge in [0.05, 0.1) is 5.92 Å². The van der Waals surface area contributed by atoms with Gasteiger partial charge in [0.15, 0.2) is 0 Å². The van der Waals surface area contributed by atoms with Crippen LogP contribution in [-0.4, -0.2) is 109 Å². The lowest BCUT2D eigenvalue weighted by Crippen LogP contribution is -2.54. The third-order valence-electron chi connectivity index (χ3n) is 6.09. The van der Waals surface area contributed by atoms with Gasteiger partial charge >= 0.3 is 0 Å². The van der Waals surface area contributed by atoms with Gasteiger partial charge in [0.1, 0.15) is 6.61 Å². The molecule has 0 unspecified atom stereocenters. The molecule has 2 amide bonds. The normalized spacial score (nSPS) is 27.5. The van der Waals surface area contributed by atoms with Crippen LogP contribution in [-0.2, 0) is 9.59 Å². The van der Waals surface area contributed by atoms with Crippen LogP contribution in [0.15, 0.2) is 0 Å². The SMILES string of the molecule is CN1CCN(C(=O)[C@H]2CCCN(C3CCN(C(=O)CO)CC3)C2)CC1. The Bertz CT molecular complexity index is 471. The van der Waals surface area contributed by atoms with E-state index in [-0.39, 0.29) is 11.8 Å². The molecule has 3 aliphatic heterocycles. The van der Waals surface area contributed by atoms with Crippen LogP contribution in [0.5, 0.6) is 0 Å². The largest absolute Gasteiger partial charge is 0.387 e.